The van der Waals surface area contributed by atoms with E-state index in [1.54, 1.807) is 0 Å². The predicted molar refractivity (Wildman–Crippen MR) is 58.5 cm³/mol. The fourth-order valence-corrected chi connectivity index (χ4v) is 2.04. The second-order valence-corrected chi connectivity index (χ2v) is 4.20. The molecule has 80 valence electrons. The summed E-state index contributed by atoms with van der Waals surface area (Å²) >= 11 is 0. The summed E-state index contributed by atoms with van der Waals surface area (Å²) in [6.07, 6.45) is 2.59. The van der Waals surface area contributed by atoms with Crippen LogP contribution >= 0.6 is 0 Å². The van der Waals surface area contributed by atoms with E-state index >= 15 is 0 Å². The van der Waals surface area contributed by atoms with Gasteiger partial charge in [0.25, 0.3) is 0 Å². The zero-order valence-corrected chi connectivity index (χ0v) is 8.92. The highest BCUT2D eigenvalue weighted by molar-refractivity contribution is 5.81. The molecule has 0 atom stereocenters. The lowest BCUT2D eigenvalue weighted by Gasteiger charge is -2.24. The number of nitrogens with one attached hydrogen (secondary N) is 2. The first-order valence-corrected chi connectivity index (χ1v) is 5.56. The average Bonchev–Trinajstić information content (AvgIpc) is 2.63. The van der Waals surface area contributed by atoms with Gasteiger partial charge >= 0.3 is 0 Å². The van der Waals surface area contributed by atoms with Gasteiger partial charge in [-0.25, -0.2) is 0 Å². The SMILES string of the molecule is CN1CCN=C1NCC1CCNCC1. The summed E-state index contributed by atoms with van der Waals surface area (Å²) in [5.41, 5.74) is 0. The molecule has 0 aromatic heterocycles. The Morgan fingerprint density at radius 1 is 1.50 bits per heavy atom. The molecule has 2 aliphatic heterocycles. The molecule has 2 heterocycles. The van der Waals surface area contributed by atoms with Crippen LogP contribution in [0.2, 0.25) is 0 Å². The number of likely N-dealkylation sites (N-methyl/N-ethyl adjacent to an activating group) is 1. The van der Waals surface area contributed by atoms with Gasteiger partial charge in [0.15, 0.2) is 5.96 Å². The highest BCUT2D eigenvalue weighted by Gasteiger charge is 2.16. The third-order valence-electron chi connectivity index (χ3n) is 3.07. The lowest BCUT2D eigenvalue weighted by atomic mass is 9.98. The van der Waals surface area contributed by atoms with E-state index in [4.69, 9.17) is 0 Å². The molecule has 0 unspecified atom stereocenters. The summed E-state index contributed by atoms with van der Waals surface area (Å²) < 4.78 is 0. The Hall–Kier alpha value is -0.770. The van der Waals surface area contributed by atoms with Crippen molar-refractivity contribution in [2.75, 3.05) is 39.8 Å². The lowest BCUT2D eigenvalue weighted by Crippen LogP contribution is -2.40. The number of rotatable bonds is 2. The molecule has 2 rings (SSSR count). The molecule has 1 fully saturated rings. The minimum absolute atomic E-state index is 0.827. The van der Waals surface area contributed by atoms with E-state index in [1.807, 2.05) is 0 Å². The average molecular weight is 196 g/mol. The molecule has 2 N–H and O–H groups in total. The minimum Gasteiger partial charge on any atom is -0.356 e. The molecule has 0 aromatic rings. The second kappa shape index (κ2) is 4.64. The van der Waals surface area contributed by atoms with E-state index in [-0.39, 0.29) is 0 Å². The van der Waals surface area contributed by atoms with Crippen LogP contribution in [0.25, 0.3) is 0 Å². The minimum atomic E-state index is 0.827. The van der Waals surface area contributed by atoms with Gasteiger partial charge in [-0.1, -0.05) is 0 Å². The van der Waals surface area contributed by atoms with Crippen LogP contribution in [0.4, 0.5) is 0 Å². The maximum atomic E-state index is 4.42. The molecule has 0 spiro atoms. The largest absolute Gasteiger partial charge is 0.356 e. The molecule has 0 aromatic carbocycles. The smallest absolute Gasteiger partial charge is 0.193 e. The predicted octanol–water partition coefficient (Wildman–Crippen LogP) is -0.123. The van der Waals surface area contributed by atoms with Gasteiger partial charge in [-0.3, -0.25) is 4.99 Å². The van der Waals surface area contributed by atoms with E-state index < -0.39 is 0 Å². The molecule has 0 bridgehead atoms. The molecular weight excluding hydrogens is 176 g/mol. The first-order chi connectivity index (χ1) is 6.86. The number of hydrogen-bond acceptors (Lipinski definition) is 4. The molecular formula is C10H20N4. The summed E-state index contributed by atoms with van der Waals surface area (Å²) in [5, 5.41) is 6.83. The molecule has 1 saturated heterocycles. The first kappa shape index (κ1) is 9.77. The van der Waals surface area contributed by atoms with E-state index in [0.29, 0.717) is 0 Å². The Morgan fingerprint density at radius 2 is 2.29 bits per heavy atom. The van der Waals surface area contributed by atoms with Crippen LogP contribution in [0.15, 0.2) is 4.99 Å². The van der Waals surface area contributed by atoms with Crippen molar-refractivity contribution in [1.29, 1.82) is 0 Å². The number of guanidine groups is 1. The van der Waals surface area contributed by atoms with Crippen molar-refractivity contribution in [2.45, 2.75) is 12.8 Å². The van der Waals surface area contributed by atoms with Gasteiger partial charge in [0.05, 0.1) is 6.54 Å². The van der Waals surface area contributed by atoms with Crippen LogP contribution in [0.1, 0.15) is 12.8 Å². The highest BCUT2D eigenvalue weighted by Crippen LogP contribution is 2.10. The van der Waals surface area contributed by atoms with Crippen LogP contribution in [-0.2, 0) is 0 Å². The highest BCUT2D eigenvalue weighted by atomic mass is 15.3. The Balaban J connectivity index is 1.70. The quantitative estimate of drug-likeness (QED) is 0.646. The topological polar surface area (TPSA) is 39.7 Å². The van der Waals surface area contributed by atoms with Crippen molar-refractivity contribution in [3.05, 3.63) is 0 Å². The Labute approximate surface area is 85.8 Å². The third kappa shape index (κ3) is 2.38. The molecule has 0 aliphatic carbocycles. The van der Waals surface area contributed by atoms with Crippen molar-refractivity contribution in [3.8, 4) is 0 Å². The summed E-state index contributed by atoms with van der Waals surface area (Å²) in [5.74, 6) is 1.91. The molecule has 14 heavy (non-hydrogen) atoms. The number of hydrogen-bond donors (Lipinski definition) is 2. The van der Waals surface area contributed by atoms with E-state index in [1.165, 1.54) is 25.9 Å². The molecule has 0 amide bonds. The van der Waals surface area contributed by atoms with Gasteiger partial charge in [-0.2, -0.15) is 0 Å². The number of aliphatic imine (C=N–C) groups is 1. The maximum absolute atomic E-state index is 4.42. The van der Waals surface area contributed by atoms with Crippen molar-refractivity contribution in [3.63, 3.8) is 0 Å². The normalized spacial score (nSPS) is 23.8. The van der Waals surface area contributed by atoms with E-state index in [9.17, 15) is 0 Å². The number of piperidine rings is 1. The summed E-state index contributed by atoms with van der Waals surface area (Å²) in [4.78, 5) is 6.61. The fraction of sp³-hybridized carbons (Fsp3) is 0.900. The Kier molecular flexibility index (Phi) is 3.24. The zero-order valence-electron chi connectivity index (χ0n) is 8.92. The van der Waals surface area contributed by atoms with E-state index in [0.717, 1.165) is 31.5 Å². The van der Waals surface area contributed by atoms with Gasteiger partial charge in [-0.15, -0.1) is 0 Å². The standard InChI is InChI=1S/C10H20N4/c1-14-7-6-12-10(14)13-8-9-2-4-11-5-3-9/h9,11H,2-8H2,1H3,(H,12,13). The second-order valence-electron chi connectivity index (χ2n) is 4.20. The van der Waals surface area contributed by atoms with Crippen LogP contribution in [0, 0.1) is 5.92 Å². The van der Waals surface area contributed by atoms with Gasteiger partial charge in [0.2, 0.25) is 0 Å². The summed E-state index contributed by atoms with van der Waals surface area (Å²) in [7, 11) is 2.10. The molecule has 0 saturated carbocycles. The molecule has 4 heteroatoms. The summed E-state index contributed by atoms with van der Waals surface area (Å²) in [6.45, 7) is 5.45. The molecule has 0 radical (unpaired) electrons. The van der Waals surface area contributed by atoms with Crippen LogP contribution in [0.3, 0.4) is 0 Å². The van der Waals surface area contributed by atoms with Crippen molar-refractivity contribution >= 4 is 5.96 Å². The van der Waals surface area contributed by atoms with Crippen molar-refractivity contribution < 1.29 is 0 Å². The summed E-state index contributed by atoms with van der Waals surface area (Å²) in [6, 6.07) is 0. The van der Waals surface area contributed by atoms with E-state index in [2.05, 4.69) is 27.6 Å². The van der Waals surface area contributed by atoms with Crippen molar-refractivity contribution in [1.82, 2.24) is 15.5 Å². The first-order valence-electron chi connectivity index (χ1n) is 5.56. The Bertz CT molecular complexity index is 208. The fourth-order valence-electron chi connectivity index (χ4n) is 2.04. The lowest BCUT2D eigenvalue weighted by molar-refractivity contribution is 0.368. The Morgan fingerprint density at radius 3 is 2.93 bits per heavy atom. The maximum Gasteiger partial charge on any atom is 0.193 e. The molecule has 4 nitrogen and oxygen atoms in total. The van der Waals surface area contributed by atoms with Gasteiger partial charge < -0.3 is 15.5 Å². The number of nitrogens with zero attached hydrogens (tertiary/aromatic N) is 2. The third-order valence-corrected chi connectivity index (χ3v) is 3.07. The van der Waals surface area contributed by atoms with Crippen LogP contribution in [0.5, 0.6) is 0 Å². The van der Waals surface area contributed by atoms with Gasteiger partial charge in [0.1, 0.15) is 0 Å². The zero-order chi connectivity index (χ0) is 9.80. The van der Waals surface area contributed by atoms with Crippen molar-refractivity contribution in [2.24, 2.45) is 10.9 Å². The monoisotopic (exact) mass is 196 g/mol. The van der Waals surface area contributed by atoms with Crippen LogP contribution in [-0.4, -0.2) is 50.6 Å². The van der Waals surface area contributed by atoms with Gasteiger partial charge in [-0.05, 0) is 31.8 Å². The molecule has 2 aliphatic rings. The van der Waals surface area contributed by atoms with Crippen LogP contribution < -0.4 is 10.6 Å². The van der Waals surface area contributed by atoms with Gasteiger partial charge in [0, 0.05) is 20.1 Å².